The van der Waals surface area contributed by atoms with E-state index in [0.29, 0.717) is 36.8 Å². The predicted octanol–water partition coefficient (Wildman–Crippen LogP) is 3.97. The van der Waals surface area contributed by atoms with E-state index in [2.05, 4.69) is 5.32 Å². The fourth-order valence-electron chi connectivity index (χ4n) is 2.91. The highest BCUT2D eigenvalue weighted by Gasteiger charge is 2.30. The van der Waals surface area contributed by atoms with Crippen LogP contribution in [-0.2, 0) is 4.74 Å². The standard InChI is InChI=1S/C18H21FN2O3S2/c1-25-16-5-4-12(9-14(16)19)20-18(23)21-6-7-24-11-13(21)10-15(22)17-3-2-8-26-17/h2-5,8-9,13,15,22H,6-7,10-11H2,1H3,(H,20,23)/t13-,15+/m1/s1. The molecule has 140 valence electrons. The second-order valence-electron chi connectivity index (χ2n) is 5.97. The molecule has 0 unspecified atom stereocenters. The Kier molecular flexibility index (Phi) is 6.53. The van der Waals surface area contributed by atoms with Gasteiger partial charge >= 0.3 is 6.03 Å². The van der Waals surface area contributed by atoms with Gasteiger partial charge < -0.3 is 20.1 Å². The van der Waals surface area contributed by atoms with Gasteiger partial charge in [-0.2, -0.15) is 0 Å². The maximum Gasteiger partial charge on any atom is 0.322 e. The number of amides is 2. The van der Waals surface area contributed by atoms with Crippen LogP contribution in [0.15, 0.2) is 40.6 Å². The molecule has 1 saturated heterocycles. The van der Waals surface area contributed by atoms with Gasteiger partial charge in [0, 0.05) is 28.4 Å². The molecule has 26 heavy (non-hydrogen) atoms. The van der Waals surface area contributed by atoms with Crippen LogP contribution in [-0.4, -0.2) is 48.1 Å². The van der Waals surface area contributed by atoms with Crippen LogP contribution in [0.4, 0.5) is 14.9 Å². The Morgan fingerprint density at radius 1 is 1.54 bits per heavy atom. The molecule has 1 aliphatic rings. The summed E-state index contributed by atoms with van der Waals surface area (Å²) >= 11 is 2.80. The molecule has 0 bridgehead atoms. The Balaban J connectivity index is 1.66. The van der Waals surface area contributed by atoms with Crippen molar-refractivity contribution in [2.45, 2.75) is 23.5 Å². The number of rotatable bonds is 5. The van der Waals surface area contributed by atoms with Gasteiger partial charge in [-0.25, -0.2) is 9.18 Å². The lowest BCUT2D eigenvalue weighted by molar-refractivity contribution is -0.00382. The van der Waals surface area contributed by atoms with Crippen molar-refractivity contribution in [3.63, 3.8) is 0 Å². The molecule has 0 aliphatic carbocycles. The quantitative estimate of drug-likeness (QED) is 0.751. The highest BCUT2D eigenvalue weighted by molar-refractivity contribution is 7.98. The molecule has 2 N–H and O–H groups in total. The van der Waals surface area contributed by atoms with Crippen molar-refractivity contribution in [2.24, 2.45) is 0 Å². The molecule has 0 radical (unpaired) electrons. The molecule has 0 spiro atoms. The lowest BCUT2D eigenvalue weighted by Crippen LogP contribution is -2.50. The van der Waals surface area contributed by atoms with Crippen molar-refractivity contribution < 1.29 is 19.0 Å². The number of hydrogen-bond donors (Lipinski definition) is 2. The van der Waals surface area contributed by atoms with Gasteiger partial charge in [-0.3, -0.25) is 0 Å². The fourth-order valence-corrected chi connectivity index (χ4v) is 4.09. The van der Waals surface area contributed by atoms with Crippen LogP contribution >= 0.6 is 23.1 Å². The van der Waals surface area contributed by atoms with Crippen LogP contribution in [0.2, 0.25) is 0 Å². The summed E-state index contributed by atoms with van der Waals surface area (Å²) in [5.74, 6) is -0.359. The summed E-state index contributed by atoms with van der Waals surface area (Å²) in [6.07, 6.45) is 1.55. The molecule has 3 rings (SSSR count). The molecule has 1 fully saturated rings. The molecular formula is C18H21FN2O3S2. The van der Waals surface area contributed by atoms with Gasteiger partial charge in [0.25, 0.3) is 0 Å². The van der Waals surface area contributed by atoms with E-state index in [1.54, 1.807) is 23.3 Å². The van der Waals surface area contributed by atoms with Crippen LogP contribution in [0.5, 0.6) is 0 Å². The summed E-state index contributed by atoms with van der Waals surface area (Å²) in [6.45, 7) is 1.24. The summed E-state index contributed by atoms with van der Waals surface area (Å²) < 4.78 is 19.4. The first-order valence-electron chi connectivity index (χ1n) is 8.29. The second kappa shape index (κ2) is 8.85. The van der Waals surface area contributed by atoms with Crippen molar-refractivity contribution in [1.82, 2.24) is 4.90 Å². The average molecular weight is 397 g/mol. The predicted molar refractivity (Wildman–Crippen MR) is 102 cm³/mol. The number of carbonyl (C=O) groups is 1. The summed E-state index contributed by atoms with van der Waals surface area (Å²) in [4.78, 5) is 15.7. The highest BCUT2D eigenvalue weighted by atomic mass is 32.2. The molecule has 1 aromatic heterocycles. The zero-order valence-corrected chi connectivity index (χ0v) is 16.0. The van der Waals surface area contributed by atoms with E-state index in [1.807, 2.05) is 17.5 Å². The topological polar surface area (TPSA) is 61.8 Å². The number of ether oxygens (including phenoxy) is 1. The number of hydrogen-bond acceptors (Lipinski definition) is 5. The normalized spacial score (nSPS) is 18.6. The highest BCUT2D eigenvalue weighted by Crippen LogP contribution is 2.27. The van der Waals surface area contributed by atoms with Crippen molar-refractivity contribution in [3.05, 3.63) is 46.4 Å². The molecule has 2 aromatic rings. The van der Waals surface area contributed by atoms with E-state index in [9.17, 15) is 14.3 Å². The number of benzene rings is 1. The maximum atomic E-state index is 13.9. The molecule has 1 aromatic carbocycles. The number of thioether (sulfide) groups is 1. The van der Waals surface area contributed by atoms with Gasteiger partial charge in [-0.1, -0.05) is 6.07 Å². The van der Waals surface area contributed by atoms with Gasteiger partial charge in [0.05, 0.1) is 25.4 Å². The molecule has 2 heterocycles. The minimum absolute atomic E-state index is 0.240. The molecule has 2 amide bonds. The van der Waals surface area contributed by atoms with Crippen LogP contribution < -0.4 is 5.32 Å². The van der Waals surface area contributed by atoms with Crippen LogP contribution in [0, 0.1) is 5.82 Å². The number of aliphatic hydroxyl groups is 1. The molecule has 2 atom stereocenters. The van der Waals surface area contributed by atoms with Crippen LogP contribution in [0.25, 0.3) is 0 Å². The number of nitrogens with one attached hydrogen (secondary N) is 1. The van der Waals surface area contributed by atoms with Crippen molar-refractivity contribution in [1.29, 1.82) is 0 Å². The summed E-state index contributed by atoms with van der Waals surface area (Å²) in [7, 11) is 0. The number of aliphatic hydroxyl groups excluding tert-OH is 1. The molecule has 5 nitrogen and oxygen atoms in total. The van der Waals surface area contributed by atoms with Crippen molar-refractivity contribution >= 4 is 34.8 Å². The monoisotopic (exact) mass is 396 g/mol. The van der Waals surface area contributed by atoms with Gasteiger partial charge in [-0.05, 0) is 35.9 Å². The number of carbonyl (C=O) groups excluding carboxylic acids is 1. The molecular weight excluding hydrogens is 375 g/mol. The SMILES string of the molecule is CSc1ccc(NC(=O)N2CCOC[C@H]2C[C@H](O)c2cccs2)cc1F. The number of thiophene rings is 1. The smallest absolute Gasteiger partial charge is 0.322 e. The van der Waals surface area contributed by atoms with Crippen LogP contribution in [0.1, 0.15) is 17.4 Å². The third kappa shape index (κ3) is 4.56. The lowest BCUT2D eigenvalue weighted by atomic mass is 10.1. The Morgan fingerprint density at radius 3 is 3.08 bits per heavy atom. The van der Waals surface area contributed by atoms with E-state index in [1.165, 1.54) is 29.2 Å². The first-order valence-corrected chi connectivity index (χ1v) is 10.4. The first-order chi connectivity index (χ1) is 12.6. The molecule has 0 saturated carbocycles. The Hall–Kier alpha value is -1.61. The van der Waals surface area contributed by atoms with Crippen LogP contribution in [0.3, 0.4) is 0 Å². The van der Waals surface area contributed by atoms with Crippen molar-refractivity contribution in [2.75, 3.05) is 31.3 Å². The third-order valence-corrected chi connectivity index (χ3v) is 6.00. The number of nitrogens with zero attached hydrogens (tertiary/aromatic N) is 1. The lowest BCUT2D eigenvalue weighted by Gasteiger charge is -2.36. The van der Waals surface area contributed by atoms with Gasteiger partial charge in [-0.15, -0.1) is 23.1 Å². The van der Waals surface area contributed by atoms with E-state index >= 15 is 0 Å². The number of anilines is 1. The Morgan fingerprint density at radius 2 is 2.38 bits per heavy atom. The van der Waals surface area contributed by atoms with E-state index in [4.69, 9.17) is 4.74 Å². The first kappa shape index (κ1) is 19.2. The van der Waals surface area contributed by atoms with E-state index in [0.717, 1.165) is 4.88 Å². The number of halogens is 1. The van der Waals surface area contributed by atoms with Gasteiger partial charge in [0.2, 0.25) is 0 Å². The number of morpholine rings is 1. The maximum absolute atomic E-state index is 13.9. The fraction of sp³-hybridized carbons (Fsp3) is 0.389. The Labute approximate surface area is 160 Å². The van der Waals surface area contributed by atoms with Gasteiger partial charge in [0.1, 0.15) is 5.82 Å². The molecule has 1 aliphatic heterocycles. The molecule has 8 heteroatoms. The van der Waals surface area contributed by atoms with Crippen molar-refractivity contribution in [3.8, 4) is 0 Å². The van der Waals surface area contributed by atoms with E-state index < -0.39 is 6.10 Å². The Bertz CT molecular complexity index is 742. The average Bonchev–Trinajstić information content (AvgIpc) is 3.17. The minimum Gasteiger partial charge on any atom is -0.387 e. The summed E-state index contributed by atoms with van der Waals surface area (Å²) in [5, 5.41) is 15.0. The second-order valence-corrected chi connectivity index (χ2v) is 7.80. The summed E-state index contributed by atoms with van der Waals surface area (Å²) in [5.41, 5.74) is 0.411. The van der Waals surface area contributed by atoms with E-state index in [-0.39, 0.29) is 17.9 Å². The zero-order chi connectivity index (χ0) is 18.5. The summed E-state index contributed by atoms with van der Waals surface area (Å²) in [6, 6.07) is 7.86. The third-order valence-electron chi connectivity index (χ3n) is 4.26. The largest absolute Gasteiger partial charge is 0.387 e. The minimum atomic E-state index is -0.643. The zero-order valence-electron chi connectivity index (χ0n) is 14.4. The number of urea groups is 1. The van der Waals surface area contributed by atoms with Gasteiger partial charge in [0.15, 0.2) is 0 Å².